The van der Waals surface area contributed by atoms with Crippen LogP contribution in [-0.2, 0) is 11.3 Å². The molecule has 0 aliphatic carbocycles. The van der Waals surface area contributed by atoms with Crippen LogP contribution in [0.15, 0.2) is 36.7 Å². The van der Waals surface area contributed by atoms with Crippen LogP contribution >= 0.6 is 11.6 Å². The van der Waals surface area contributed by atoms with Gasteiger partial charge in [-0.05, 0) is 23.6 Å². The zero-order valence-corrected chi connectivity index (χ0v) is 14.0. The summed E-state index contributed by atoms with van der Waals surface area (Å²) in [5.41, 5.74) is 0.897. The predicted octanol–water partition coefficient (Wildman–Crippen LogP) is 3.85. The van der Waals surface area contributed by atoms with Gasteiger partial charge in [0.25, 0.3) is 0 Å². The van der Waals surface area contributed by atoms with Gasteiger partial charge in [-0.2, -0.15) is 13.9 Å². The Bertz CT molecular complexity index is 678. The zero-order valence-electron chi connectivity index (χ0n) is 13.2. The summed E-state index contributed by atoms with van der Waals surface area (Å²) >= 11 is 6.10. The molecule has 1 amide bonds. The van der Waals surface area contributed by atoms with E-state index in [9.17, 15) is 13.6 Å². The summed E-state index contributed by atoms with van der Waals surface area (Å²) in [5, 5.41) is 5.67. The molecule has 130 valence electrons. The second-order valence-corrected chi connectivity index (χ2v) is 5.97. The molecule has 1 atom stereocenters. The van der Waals surface area contributed by atoms with Crippen molar-refractivity contribution in [2.75, 3.05) is 5.32 Å². The van der Waals surface area contributed by atoms with E-state index in [4.69, 9.17) is 11.6 Å². The number of para-hydroxylation sites is 1. The van der Waals surface area contributed by atoms with Gasteiger partial charge in [-0.25, -0.2) is 0 Å². The van der Waals surface area contributed by atoms with E-state index in [2.05, 4.69) is 15.2 Å². The number of nitrogens with zero attached hydrogens (tertiary/aromatic N) is 2. The Balaban J connectivity index is 2.21. The first kappa shape index (κ1) is 18.2. The maximum Gasteiger partial charge on any atom is 0.387 e. The van der Waals surface area contributed by atoms with Gasteiger partial charge in [-0.15, -0.1) is 11.6 Å². The van der Waals surface area contributed by atoms with Crippen molar-refractivity contribution in [3.63, 3.8) is 0 Å². The normalized spacial score (nSPS) is 12.5. The van der Waals surface area contributed by atoms with Gasteiger partial charge >= 0.3 is 6.61 Å². The van der Waals surface area contributed by atoms with E-state index < -0.39 is 17.9 Å². The topological polar surface area (TPSA) is 56.1 Å². The van der Waals surface area contributed by atoms with Gasteiger partial charge in [0.1, 0.15) is 11.1 Å². The SMILES string of the molecule is CC(C)c1cccc(OC(F)F)c1NC(=O)C(Cl)Cn1cccn1. The number of carbonyl (C=O) groups is 1. The summed E-state index contributed by atoms with van der Waals surface area (Å²) in [4.78, 5) is 12.3. The molecule has 0 radical (unpaired) electrons. The fourth-order valence-corrected chi connectivity index (χ4v) is 2.41. The third kappa shape index (κ3) is 4.67. The highest BCUT2D eigenvalue weighted by molar-refractivity contribution is 6.32. The lowest BCUT2D eigenvalue weighted by molar-refractivity contribution is -0.116. The molecule has 1 heterocycles. The third-order valence-electron chi connectivity index (χ3n) is 3.34. The Morgan fingerprint density at radius 3 is 2.71 bits per heavy atom. The molecule has 24 heavy (non-hydrogen) atoms. The molecule has 2 rings (SSSR count). The number of halogens is 3. The van der Waals surface area contributed by atoms with Crippen LogP contribution < -0.4 is 10.1 Å². The second kappa shape index (κ2) is 8.10. The Morgan fingerprint density at radius 1 is 1.38 bits per heavy atom. The molecule has 5 nitrogen and oxygen atoms in total. The van der Waals surface area contributed by atoms with Crippen LogP contribution in [0.1, 0.15) is 25.3 Å². The average Bonchev–Trinajstić information content (AvgIpc) is 3.00. The smallest absolute Gasteiger partial charge is 0.387 e. The van der Waals surface area contributed by atoms with Gasteiger partial charge in [0.2, 0.25) is 5.91 Å². The van der Waals surface area contributed by atoms with Gasteiger partial charge in [-0.1, -0.05) is 26.0 Å². The van der Waals surface area contributed by atoms with Crippen molar-refractivity contribution in [2.24, 2.45) is 0 Å². The molecule has 1 aromatic heterocycles. The molecule has 0 aliphatic rings. The molecule has 1 unspecified atom stereocenters. The van der Waals surface area contributed by atoms with Gasteiger partial charge in [-0.3, -0.25) is 9.48 Å². The van der Waals surface area contributed by atoms with Gasteiger partial charge in [0.15, 0.2) is 0 Å². The summed E-state index contributed by atoms with van der Waals surface area (Å²) in [6, 6.07) is 6.44. The minimum absolute atomic E-state index is 0.00131. The number of benzene rings is 1. The lowest BCUT2D eigenvalue weighted by atomic mass is 10.0. The molecule has 1 aromatic carbocycles. The van der Waals surface area contributed by atoms with E-state index in [1.807, 2.05) is 13.8 Å². The van der Waals surface area contributed by atoms with E-state index in [0.29, 0.717) is 5.56 Å². The number of ether oxygens (including phenoxy) is 1. The summed E-state index contributed by atoms with van der Waals surface area (Å²) in [6.07, 6.45) is 3.25. The van der Waals surface area contributed by atoms with Crippen molar-refractivity contribution in [3.8, 4) is 5.75 Å². The molecule has 0 bridgehead atoms. The van der Waals surface area contributed by atoms with Gasteiger partial charge in [0, 0.05) is 12.4 Å². The predicted molar refractivity (Wildman–Crippen MR) is 87.7 cm³/mol. The van der Waals surface area contributed by atoms with Crippen molar-refractivity contribution in [1.29, 1.82) is 0 Å². The van der Waals surface area contributed by atoms with Crippen molar-refractivity contribution in [1.82, 2.24) is 9.78 Å². The maximum absolute atomic E-state index is 12.6. The molecule has 1 N–H and O–H groups in total. The van der Waals surface area contributed by atoms with Crippen molar-refractivity contribution in [3.05, 3.63) is 42.2 Å². The Kier molecular flexibility index (Phi) is 6.14. The van der Waals surface area contributed by atoms with Gasteiger partial charge in [0.05, 0.1) is 12.2 Å². The third-order valence-corrected chi connectivity index (χ3v) is 3.67. The summed E-state index contributed by atoms with van der Waals surface area (Å²) in [6.45, 7) is 0.951. The van der Waals surface area contributed by atoms with Gasteiger partial charge < -0.3 is 10.1 Å². The van der Waals surface area contributed by atoms with E-state index in [1.54, 1.807) is 30.6 Å². The minimum Gasteiger partial charge on any atom is -0.433 e. The average molecular weight is 358 g/mol. The van der Waals surface area contributed by atoms with Crippen LogP contribution in [0.5, 0.6) is 5.75 Å². The van der Waals surface area contributed by atoms with Crippen LogP contribution in [0, 0.1) is 0 Å². The van der Waals surface area contributed by atoms with Crippen LogP contribution in [0.2, 0.25) is 0 Å². The van der Waals surface area contributed by atoms with Crippen LogP contribution in [0.25, 0.3) is 0 Å². The van der Waals surface area contributed by atoms with Crippen LogP contribution in [-0.4, -0.2) is 27.7 Å². The first-order valence-electron chi connectivity index (χ1n) is 7.38. The number of rotatable bonds is 7. The lowest BCUT2D eigenvalue weighted by Gasteiger charge is -2.19. The Morgan fingerprint density at radius 2 is 2.12 bits per heavy atom. The molecule has 8 heteroatoms. The first-order valence-corrected chi connectivity index (χ1v) is 7.82. The fourth-order valence-electron chi connectivity index (χ4n) is 2.21. The highest BCUT2D eigenvalue weighted by Crippen LogP contribution is 2.34. The number of nitrogens with one attached hydrogen (secondary N) is 1. The fraction of sp³-hybridized carbons (Fsp3) is 0.375. The molecule has 2 aromatic rings. The number of hydrogen-bond donors (Lipinski definition) is 1. The molecule has 0 spiro atoms. The second-order valence-electron chi connectivity index (χ2n) is 5.44. The molecular formula is C16H18ClF2N3O2. The summed E-state index contributed by atoms with van der Waals surface area (Å²) in [5.74, 6) is -0.603. The van der Waals surface area contributed by atoms with E-state index >= 15 is 0 Å². The number of anilines is 1. The zero-order chi connectivity index (χ0) is 17.7. The Hall–Kier alpha value is -2.15. The minimum atomic E-state index is -2.99. The van der Waals surface area contributed by atoms with E-state index in [1.165, 1.54) is 10.7 Å². The number of carbonyl (C=O) groups excluding carboxylic acids is 1. The molecule has 0 aliphatic heterocycles. The quantitative estimate of drug-likeness (QED) is 0.766. The van der Waals surface area contributed by atoms with Crippen LogP contribution in [0.4, 0.5) is 14.5 Å². The molecular weight excluding hydrogens is 340 g/mol. The molecule has 0 saturated heterocycles. The monoisotopic (exact) mass is 357 g/mol. The highest BCUT2D eigenvalue weighted by Gasteiger charge is 2.22. The van der Waals surface area contributed by atoms with E-state index in [0.717, 1.165) is 0 Å². The largest absolute Gasteiger partial charge is 0.433 e. The Labute approximate surface area is 143 Å². The number of amides is 1. The summed E-state index contributed by atoms with van der Waals surface area (Å²) in [7, 11) is 0. The lowest BCUT2D eigenvalue weighted by Crippen LogP contribution is -2.28. The standard InChI is InChI=1S/C16H18ClF2N3O2/c1-10(2)11-5-3-6-13(24-16(18)19)14(11)21-15(23)12(17)9-22-8-4-7-20-22/h3-8,10,12,16H,9H2,1-2H3,(H,21,23). The number of aromatic nitrogens is 2. The van der Waals surface area contributed by atoms with Crippen molar-refractivity contribution in [2.45, 2.75) is 38.3 Å². The van der Waals surface area contributed by atoms with E-state index in [-0.39, 0.29) is 23.9 Å². The van der Waals surface area contributed by atoms with Crippen molar-refractivity contribution >= 4 is 23.2 Å². The summed E-state index contributed by atoms with van der Waals surface area (Å²) < 4.78 is 31.2. The number of hydrogen-bond acceptors (Lipinski definition) is 3. The van der Waals surface area contributed by atoms with Crippen LogP contribution in [0.3, 0.4) is 0 Å². The highest BCUT2D eigenvalue weighted by atomic mass is 35.5. The number of alkyl halides is 3. The molecule has 0 saturated carbocycles. The van der Waals surface area contributed by atoms with Crippen molar-refractivity contribution < 1.29 is 18.3 Å². The first-order chi connectivity index (χ1) is 11.4. The maximum atomic E-state index is 12.6. The molecule has 0 fully saturated rings.